The van der Waals surface area contributed by atoms with Gasteiger partial charge in [-0.2, -0.15) is 0 Å². The van der Waals surface area contributed by atoms with Crippen molar-refractivity contribution < 1.29 is 14.2 Å². The van der Waals surface area contributed by atoms with Gasteiger partial charge in [0.15, 0.2) is 0 Å². The van der Waals surface area contributed by atoms with E-state index >= 15 is 0 Å². The van der Waals surface area contributed by atoms with Crippen LogP contribution in [0.5, 0.6) is 0 Å². The first-order valence-electron chi connectivity index (χ1n) is 15.1. The zero-order chi connectivity index (χ0) is 28.4. The van der Waals surface area contributed by atoms with Crippen molar-refractivity contribution in [3.8, 4) is 22.3 Å². The third kappa shape index (κ3) is 3.86. The fraction of sp³-hybridized carbons (Fsp3) is 0.263. The Labute approximate surface area is 237 Å². The minimum atomic E-state index is -4.84. The molecular formula is C38H44HfSi. The van der Waals surface area contributed by atoms with Gasteiger partial charge in [-0.25, -0.2) is 0 Å². The fourth-order valence-electron chi connectivity index (χ4n) is 9.13. The summed E-state index contributed by atoms with van der Waals surface area (Å²) < 4.78 is 10.6. The van der Waals surface area contributed by atoms with Crippen molar-refractivity contribution in [2.75, 3.05) is 0 Å². The van der Waals surface area contributed by atoms with Crippen molar-refractivity contribution in [1.29, 1.82) is 0 Å². The predicted octanol–water partition coefficient (Wildman–Crippen LogP) is 10.8. The van der Waals surface area contributed by atoms with Crippen molar-refractivity contribution in [2.24, 2.45) is 0 Å². The standard InChI is InChI=1S/2C16H13.C3H7.3CH3.Hf.H2Si/c2*1-12-6-2-3-9-14(12)16-11-5-8-13-7-4-10-15(13)16;1-3-2;;;;;/h2*2-11H,1H3;1,3H2,2H3;3*1H3;;1H2. The Hall–Kier alpha value is -2.55. The van der Waals surface area contributed by atoms with Crippen LogP contribution in [0.1, 0.15) is 54.1 Å². The zero-order valence-electron chi connectivity index (χ0n) is 25.2. The van der Waals surface area contributed by atoms with E-state index in [1.807, 2.05) is 0 Å². The van der Waals surface area contributed by atoms with Gasteiger partial charge in [0.25, 0.3) is 0 Å². The summed E-state index contributed by atoms with van der Waals surface area (Å²) in [4.78, 5) is 0. The van der Waals surface area contributed by atoms with Gasteiger partial charge in [0.05, 0.1) is 0 Å². The van der Waals surface area contributed by atoms with Gasteiger partial charge in [0.2, 0.25) is 0 Å². The molecule has 204 valence electrons. The van der Waals surface area contributed by atoms with E-state index in [9.17, 15) is 0 Å². The summed E-state index contributed by atoms with van der Waals surface area (Å²) in [5.41, 5.74) is 14.1. The second-order valence-corrected chi connectivity index (χ2v) is 98.0. The molecule has 0 radical (unpaired) electrons. The van der Waals surface area contributed by atoms with E-state index in [1.165, 1.54) is 55.1 Å². The third-order valence-electron chi connectivity index (χ3n) is 11.3. The number of fused-ring (bicyclic) bond motifs is 2. The molecule has 2 aliphatic rings. The van der Waals surface area contributed by atoms with E-state index in [2.05, 4.69) is 151 Å². The van der Waals surface area contributed by atoms with Gasteiger partial charge in [-0.15, -0.1) is 0 Å². The molecule has 0 fully saturated rings. The normalized spacial score (nSPS) is 20.3. The predicted molar refractivity (Wildman–Crippen MR) is 178 cm³/mol. The summed E-state index contributed by atoms with van der Waals surface area (Å²) in [6.45, 7) is 9.36. The summed E-state index contributed by atoms with van der Waals surface area (Å²) in [7, 11) is 0. The Kier molecular flexibility index (Phi) is 5.70. The molecule has 2 heteroatoms. The van der Waals surface area contributed by atoms with Crippen LogP contribution >= 0.6 is 0 Å². The molecule has 0 heterocycles. The molecule has 4 aromatic rings. The van der Waals surface area contributed by atoms with Crippen LogP contribution in [0.4, 0.5) is 0 Å². The van der Waals surface area contributed by atoms with Gasteiger partial charge in [-0.05, 0) is 0 Å². The first-order valence-corrected chi connectivity index (χ1v) is 40.9. The third-order valence-corrected chi connectivity index (χ3v) is 57.9. The van der Waals surface area contributed by atoms with Crippen LogP contribution in [0.2, 0.25) is 18.2 Å². The Bertz CT molecular complexity index is 1760. The van der Waals surface area contributed by atoms with Crippen molar-refractivity contribution in [1.82, 2.24) is 0 Å². The van der Waals surface area contributed by atoms with E-state index in [4.69, 9.17) is 0 Å². The van der Waals surface area contributed by atoms with Crippen LogP contribution in [0.25, 0.3) is 34.4 Å². The van der Waals surface area contributed by atoms with Gasteiger partial charge in [-0.3, -0.25) is 0 Å². The molecule has 0 nitrogen and oxygen atoms in total. The molecule has 40 heavy (non-hydrogen) atoms. The van der Waals surface area contributed by atoms with Crippen LogP contribution in [-0.4, -0.2) is 6.94 Å². The Morgan fingerprint density at radius 1 is 0.575 bits per heavy atom. The molecule has 0 aromatic heterocycles. The number of hydrogen-bond acceptors (Lipinski definition) is 0. The monoisotopic (exact) mass is 708 g/mol. The molecule has 0 spiro atoms. The maximum atomic E-state index is 2.81. The maximum absolute atomic E-state index is 4.84. The fourth-order valence-corrected chi connectivity index (χ4v) is 50.8. The Morgan fingerprint density at radius 2 is 0.975 bits per heavy atom. The second kappa shape index (κ2) is 8.26. The van der Waals surface area contributed by atoms with E-state index in [1.54, 1.807) is 11.1 Å². The second-order valence-electron chi connectivity index (χ2n) is 16.3. The van der Waals surface area contributed by atoms with Gasteiger partial charge >= 0.3 is 239 Å². The average Bonchev–Trinajstić information content (AvgIpc) is 3.56. The first kappa shape index (κ1) is 27.6. The molecule has 2 unspecified atom stereocenters. The Balaban J connectivity index is 1.59. The quantitative estimate of drug-likeness (QED) is 0.175. The van der Waals surface area contributed by atoms with E-state index in [-0.39, 0.29) is 0 Å². The molecule has 0 amide bonds. The summed E-state index contributed by atoms with van der Waals surface area (Å²) >= 11 is -4.84. The Morgan fingerprint density at radius 3 is 1.38 bits per heavy atom. The number of hydrogen-bond donors (Lipinski definition) is 0. The van der Waals surface area contributed by atoms with E-state index in [0.717, 1.165) is 0 Å². The van der Waals surface area contributed by atoms with Crippen molar-refractivity contribution >= 4 is 19.1 Å². The average molecular weight is 707 g/mol. The van der Waals surface area contributed by atoms with Gasteiger partial charge in [0, 0.05) is 0 Å². The van der Waals surface area contributed by atoms with Crippen molar-refractivity contribution in [2.45, 2.75) is 52.8 Å². The number of aryl methyl sites for hydroxylation is 2. The van der Waals surface area contributed by atoms with Crippen LogP contribution in [-0.2, 0) is 14.2 Å². The molecule has 6 rings (SSSR count). The van der Waals surface area contributed by atoms with Crippen LogP contribution < -0.4 is 0 Å². The molecule has 0 aliphatic heterocycles. The summed E-state index contributed by atoms with van der Waals surface area (Å²) in [5, 5.41) is 0. The summed E-state index contributed by atoms with van der Waals surface area (Å²) in [6.07, 6.45) is 11.4. The van der Waals surface area contributed by atoms with Crippen molar-refractivity contribution in [3.05, 3.63) is 130 Å². The molecule has 0 saturated carbocycles. The molecule has 4 aromatic carbocycles. The summed E-state index contributed by atoms with van der Waals surface area (Å²) in [5.74, 6) is 0. The number of rotatable bonds is 6. The van der Waals surface area contributed by atoms with Crippen LogP contribution in [0.15, 0.2) is 97.1 Å². The van der Waals surface area contributed by atoms with Gasteiger partial charge < -0.3 is 0 Å². The SMILES string of the molecule is CC[CH2][Hf]([CH3])([CH3])([CH3])(=[SiH2])([CH]1C=Cc2c(-c3ccccc3C)cccc21)[CH]1C=Cc2c(-c3ccccc3C)cccc21. The topological polar surface area (TPSA) is 0 Å². The molecular weight excluding hydrogens is 663 g/mol. The molecule has 0 saturated heterocycles. The number of allylic oxidation sites excluding steroid dienone is 2. The van der Waals surface area contributed by atoms with Gasteiger partial charge in [-0.1, -0.05) is 0 Å². The number of benzene rings is 4. The molecule has 0 bridgehead atoms. The minimum absolute atomic E-state index is 0.434. The zero-order valence-corrected chi connectivity index (χ0v) is 30.2. The van der Waals surface area contributed by atoms with Gasteiger partial charge in [0.1, 0.15) is 0 Å². The van der Waals surface area contributed by atoms with E-state index < -0.39 is 14.2 Å². The van der Waals surface area contributed by atoms with Crippen molar-refractivity contribution in [3.63, 3.8) is 0 Å². The summed E-state index contributed by atoms with van der Waals surface area (Å²) in [6, 6.07) is 31.9. The molecule has 2 atom stereocenters. The molecule has 0 N–H and O–H groups in total. The van der Waals surface area contributed by atoms with E-state index in [0.29, 0.717) is 7.35 Å². The molecule has 2 aliphatic carbocycles. The van der Waals surface area contributed by atoms with Crippen LogP contribution in [0.3, 0.4) is 0 Å². The van der Waals surface area contributed by atoms with Crippen LogP contribution in [0, 0.1) is 13.8 Å². The first-order chi connectivity index (χ1) is 18.8.